The first-order valence-electron chi connectivity index (χ1n) is 36.9. The molecule has 0 N–H and O–H groups in total. The number of likely N-dealkylation sites (N-methyl/N-ethyl adjacent to an activating group) is 1. The van der Waals surface area contributed by atoms with E-state index in [1.165, 1.54) is 218 Å². The lowest BCUT2D eigenvalue weighted by Crippen LogP contribution is -2.37. The molecule has 0 fully saturated rings. The molecule has 0 saturated heterocycles. The van der Waals surface area contributed by atoms with Crippen LogP contribution in [-0.4, -0.2) is 70.0 Å². The number of rotatable bonds is 68. The number of phosphoric ester groups is 1. The highest BCUT2D eigenvalue weighted by Gasteiger charge is 2.22. The van der Waals surface area contributed by atoms with Crippen LogP contribution in [0.3, 0.4) is 0 Å². The van der Waals surface area contributed by atoms with Gasteiger partial charge in [0.15, 0.2) is 6.10 Å². The molecule has 0 heterocycles. The van der Waals surface area contributed by atoms with Crippen molar-refractivity contribution in [1.82, 2.24) is 0 Å². The summed E-state index contributed by atoms with van der Waals surface area (Å²) in [5.41, 5.74) is 0. The van der Waals surface area contributed by atoms with Gasteiger partial charge in [-0.2, -0.15) is 0 Å². The number of carbonyl (C=O) groups is 2. The highest BCUT2D eigenvalue weighted by atomic mass is 31.2. The Kier molecular flexibility index (Phi) is 65.9. The summed E-state index contributed by atoms with van der Waals surface area (Å²) in [5.74, 6) is -0.821. The number of allylic oxidation sites excluding steroid dienone is 16. The molecule has 0 rings (SSSR count). The van der Waals surface area contributed by atoms with E-state index in [4.69, 9.17) is 18.5 Å². The number of hydrogen-bond acceptors (Lipinski definition) is 8. The molecular weight excluding hydrogens is 1110 g/mol. The Balaban J connectivity index is 3.97. The fourth-order valence-electron chi connectivity index (χ4n) is 10.5. The number of quaternary nitrogens is 1. The number of phosphoric acid groups is 1. The van der Waals surface area contributed by atoms with E-state index >= 15 is 0 Å². The first-order valence-corrected chi connectivity index (χ1v) is 38.4. The summed E-state index contributed by atoms with van der Waals surface area (Å²) < 4.78 is 34.4. The standard InChI is InChI=1S/C78H140NO8P/c1-6-8-10-12-14-16-18-20-22-24-26-28-30-32-33-34-35-36-37-38-39-40-41-42-43-44-45-47-49-51-53-55-57-59-61-63-65-67-69-71-78(81)87-76(75-86-88(82,83)85-73-72-79(3,4)5)74-84-77(80)70-68-66-64-62-60-58-56-54-52-50-48-46-31-29-27-25-23-21-19-17-15-13-11-9-7-2/h8,10,14,16,19-22,25-28,32-33,35-36,76H,6-7,9,11-13,15,17-18,23-24,29-31,34,37-75H2,1-5H3/b10-8-,16-14-,21-19-,22-20-,27-25-,28-26-,33-32-,36-35-. The third kappa shape index (κ3) is 72.0. The molecular formula is C78H140NO8P. The van der Waals surface area contributed by atoms with Gasteiger partial charge < -0.3 is 27.9 Å². The lowest BCUT2D eigenvalue weighted by Gasteiger charge is -2.28. The molecule has 0 aliphatic carbocycles. The van der Waals surface area contributed by atoms with Gasteiger partial charge in [0, 0.05) is 12.8 Å². The van der Waals surface area contributed by atoms with Crippen molar-refractivity contribution in [2.24, 2.45) is 0 Å². The van der Waals surface area contributed by atoms with Crippen LogP contribution in [0.2, 0.25) is 0 Å². The Morgan fingerprint density at radius 2 is 0.648 bits per heavy atom. The quantitative estimate of drug-likeness (QED) is 0.0195. The molecule has 9 nitrogen and oxygen atoms in total. The van der Waals surface area contributed by atoms with Crippen molar-refractivity contribution in [1.29, 1.82) is 0 Å². The minimum atomic E-state index is -4.64. The number of hydrogen-bond donors (Lipinski definition) is 0. The summed E-state index contributed by atoms with van der Waals surface area (Å²) >= 11 is 0. The summed E-state index contributed by atoms with van der Waals surface area (Å²) in [4.78, 5) is 38.1. The largest absolute Gasteiger partial charge is 0.756 e. The van der Waals surface area contributed by atoms with Crippen molar-refractivity contribution in [2.75, 3.05) is 47.5 Å². The maximum absolute atomic E-state index is 12.9. The molecule has 0 aromatic rings. The van der Waals surface area contributed by atoms with E-state index in [1.807, 2.05) is 21.1 Å². The second-order valence-electron chi connectivity index (χ2n) is 25.9. The van der Waals surface area contributed by atoms with Gasteiger partial charge in [-0.05, 0) is 96.3 Å². The lowest BCUT2D eigenvalue weighted by molar-refractivity contribution is -0.870. The average Bonchev–Trinajstić information content (AvgIpc) is 3.68. The summed E-state index contributed by atoms with van der Waals surface area (Å²) in [6.45, 7) is 4.16. The number of nitrogens with zero attached hydrogens (tertiary/aromatic N) is 1. The molecule has 10 heteroatoms. The van der Waals surface area contributed by atoms with E-state index in [1.54, 1.807) is 0 Å². The van der Waals surface area contributed by atoms with Crippen LogP contribution in [0.5, 0.6) is 0 Å². The SMILES string of the molecule is CC/C=C\C/C=C\C/C=C\C/C=C\C/C=C\C/C=C\CCCCCCCCCCCCCCCCCCCCCCC(=O)OC(COC(=O)CCCCCCCCCCCCCCC/C=C\C/C=C\CCCCCCC)COP(=O)([O-])OCC[N+](C)(C)C. The molecule has 0 aliphatic heterocycles. The highest BCUT2D eigenvalue weighted by molar-refractivity contribution is 7.45. The maximum Gasteiger partial charge on any atom is 0.306 e. The molecule has 510 valence electrons. The molecule has 0 radical (unpaired) electrons. The predicted molar refractivity (Wildman–Crippen MR) is 379 cm³/mol. The molecule has 2 unspecified atom stereocenters. The van der Waals surface area contributed by atoms with Crippen molar-refractivity contribution in [3.05, 3.63) is 97.2 Å². The van der Waals surface area contributed by atoms with Crippen LogP contribution in [0.4, 0.5) is 0 Å². The molecule has 0 saturated carbocycles. The first kappa shape index (κ1) is 84.9. The predicted octanol–water partition coefficient (Wildman–Crippen LogP) is 23.6. The Hall–Kier alpha value is -3.07. The Bertz CT molecular complexity index is 1810. The van der Waals surface area contributed by atoms with Gasteiger partial charge in [0.2, 0.25) is 0 Å². The van der Waals surface area contributed by atoms with Crippen molar-refractivity contribution in [3.63, 3.8) is 0 Å². The Morgan fingerprint density at radius 3 is 0.966 bits per heavy atom. The van der Waals surface area contributed by atoms with Crippen molar-refractivity contribution in [3.8, 4) is 0 Å². The number of esters is 2. The van der Waals surface area contributed by atoms with E-state index in [2.05, 4.69) is 111 Å². The van der Waals surface area contributed by atoms with Crippen molar-refractivity contribution >= 4 is 19.8 Å². The molecule has 2 atom stereocenters. The van der Waals surface area contributed by atoms with Crippen LogP contribution in [0.15, 0.2) is 97.2 Å². The zero-order chi connectivity index (χ0) is 64.1. The zero-order valence-corrected chi connectivity index (χ0v) is 59.1. The molecule has 0 bridgehead atoms. The summed E-state index contributed by atoms with van der Waals surface area (Å²) in [7, 11) is 1.17. The molecule has 0 aliphatic rings. The van der Waals surface area contributed by atoms with E-state index in [0.717, 1.165) is 83.5 Å². The Morgan fingerprint density at radius 1 is 0.364 bits per heavy atom. The third-order valence-electron chi connectivity index (χ3n) is 16.1. The van der Waals surface area contributed by atoms with Gasteiger partial charge in [0.25, 0.3) is 7.82 Å². The monoisotopic (exact) mass is 1250 g/mol. The summed E-state index contributed by atoms with van der Waals surface area (Å²) in [6, 6.07) is 0. The second kappa shape index (κ2) is 68.3. The van der Waals surface area contributed by atoms with E-state index in [9.17, 15) is 19.0 Å². The third-order valence-corrected chi connectivity index (χ3v) is 17.1. The fourth-order valence-corrected chi connectivity index (χ4v) is 11.2. The minimum absolute atomic E-state index is 0.0316. The molecule has 0 aromatic carbocycles. The molecule has 0 amide bonds. The van der Waals surface area contributed by atoms with Gasteiger partial charge in [0.05, 0.1) is 27.7 Å². The van der Waals surface area contributed by atoms with Gasteiger partial charge in [-0.3, -0.25) is 14.2 Å². The summed E-state index contributed by atoms with van der Waals surface area (Å²) in [6.07, 6.45) is 95.0. The summed E-state index contributed by atoms with van der Waals surface area (Å²) in [5, 5.41) is 0. The van der Waals surface area contributed by atoms with Crippen LogP contribution in [0.25, 0.3) is 0 Å². The number of unbranched alkanes of at least 4 members (excludes halogenated alkanes) is 38. The van der Waals surface area contributed by atoms with Gasteiger partial charge in [0.1, 0.15) is 19.8 Å². The zero-order valence-electron chi connectivity index (χ0n) is 58.2. The van der Waals surface area contributed by atoms with Crippen LogP contribution >= 0.6 is 7.82 Å². The Labute approximate surface area is 544 Å². The fraction of sp³-hybridized carbons (Fsp3) is 0.769. The van der Waals surface area contributed by atoms with Gasteiger partial charge in [-0.15, -0.1) is 0 Å². The van der Waals surface area contributed by atoms with E-state index in [0.29, 0.717) is 17.4 Å². The van der Waals surface area contributed by atoms with Crippen LogP contribution in [0, 0.1) is 0 Å². The normalized spacial score (nSPS) is 13.7. The van der Waals surface area contributed by atoms with Crippen molar-refractivity contribution in [2.45, 2.75) is 341 Å². The van der Waals surface area contributed by atoms with Crippen molar-refractivity contribution < 1.29 is 42.1 Å². The van der Waals surface area contributed by atoms with E-state index in [-0.39, 0.29) is 32.0 Å². The average molecular weight is 1250 g/mol. The van der Waals surface area contributed by atoms with Crippen LogP contribution < -0.4 is 4.89 Å². The molecule has 0 aromatic heterocycles. The van der Waals surface area contributed by atoms with E-state index < -0.39 is 26.5 Å². The molecule has 0 spiro atoms. The maximum atomic E-state index is 12.9. The van der Waals surface area contributed by atoms with Gasteiger partial charge in [-0.1, -0.05) is 323 Å². The van der Waals surface area contributed by atoms with Crippen LogP contribution in [-0.2, 0) is 32.7 Å². The smallest absolute Gasteiger partial charge is 0.306 e. The lowest BCUT2D eigenvalue weighted by atomic mass is 10.0. The highest BCUT2D eigenvalue weighted by Crippen LogP contribution is 2.38. The first-order chi connectivity index (χ1) is 43.0. The van der Waals surface area contributed by atoms with Crippen LogP contribution in [0.1, 0.15) is 335 Å². The molecule has 88 heavy (non-hydrogen) atoms. The van der Waals surface area contributed by atoms with Gasteiger partial charge in [-0.25, -0.2) is 0 Å². The minimum Gasteiger partial charge on any atom is -0.756 e. The second-order valence-corrected chi connectivity index (χ2v) is 27.3. The topological polar surface area (TPSA) is 111 Å². The van der Waals surface area contributed by atoms with Gasteiger partial charge >= 0.3 is 11.9 Å². The number of ether oxygens (including phenoxy) is 2. The number of carbonyl (C=O) groups excluding carboxylic acids is 2.